The fraction of sp³-hybridized carbons (Fsp3) is 1.00. The molecule has 5 aliphatic rings. The van der Waals surface area contributed by atoms with Crippen LogP contribution in [-0.2, 0) is 0 Å². The molecule has 0 aliphatic heterocycles. The summed E-state index contributed by atoms with van der Waals surface area (Å²) in [7, 11) is 0. The van der Waals surface area contributed by atoms with Crippen LogP contribution in [0.5, 0.6) is 0 Å². The first-order valence-electron chi connectivity index (χ1n) is 11.5. The van der Waals surface area contributed by atoms with Crippen molar-refractivity contribution < 1.29 is 0 Å². The second-order valence-corrected chi connectivity index (χ2v) is 9.98. The molecule has 9 atom stereocenters. The first-order chi connectivity index (χ1) is 11.9. The van der Waals surface area contributed by atoms with Crippen molar-refractivity contribution in [3.05, 3.63) is 0 Å². The van der Waals surface area contributed by atoms with Gasteiger partial charge < -0.3 is 0 Å². The molecule has 0 amide bonds. The third-order valence-electron chi connectivity index (χ3n) is 8.16. The minimum absolute atomic E-state index is 1.08. The van der Waals surface area contributed by atoms with Gasteiger partial charge in [0.05, 0.1) is 0 Å². The first-order valence-corrected chi connectivity index (χ1v) is 12.5. The molecule has 0 aromatic rings. The summed E-state index contributed by atoms with van der Waals surface area (Å²) in [5.41, 5.74) is 0. The fourth-order valence-corrected chi connectivity index (χ4v) is 9.51. The molecule has 24 heavy (non-hydrogen) atoms. The Bertz CT molecular complexity index is 391. The molecule has 5 rings (SSSR count). The van der Waals surface area contributed by atoms with Crippen molar-refractivity contribution in [2.24, 2.45) is 47.3 Å². The van der Waals surface area contributed by atoms with Crippen LogP contribution in [-0.4, -0.2) is 11.0 Å². The molecular formula is C23H42S. The van der Waals surface area contributed by atoms with E-state index in [0.717, 1.165) is 11.2 Å². The van der Waals surface area contributed by atoms with Gasteiger partial charge in [0.1, 0.15) is 0 Å². The van der Waals surface area contributed by atoms with Gasteiger partial charge in [-0.15, -0.1) is 0 Å². The Balaban J connectivity index is 0.000000396. The normalized spacial score (nSPS) is 49.1. The maximum Gasteiger partial charge on any atom is 0.00810 e. The molecule has 0 aromatic carbocycles. The van der Waals surface area contributed by atoms with Gasteiger partial charge in [0.15, 0.2) is 0 Å². The predicted octanol–water partition coefficient (Wildman–Crippen LogP) is 7.28. The molecule has 1 heteroatoms. The number of thioether (sulfide) groups is 1. The van der Waals surface area contributed by atoms with Crippen LogP contribution in [0.1, 0.15) is 86.0 Å². The van der Waals surface area contributed by atoms with Crippen molar-refractivity contribution in [3.8, 4) is 0 Å². The zero-order chi connectivity index (χ0) is 17.3. The highest BCUT2D eigenvalue weighted by Crippen LogP contribution is 2.73. The van der Waals surface area contributed by atoms with Gasteiger partial charge in [0.25, 0.3) is 0 Å². The average molecular weight is 351 g/mol. The molecule has 0 spiro atoms. The second kappa shape index (κ2) is 8.36. The highest BCUT2D eigenvalue weighted by Gasteiger charge is 2.67. The molecule has 5 saturated carbocycles. The zero-order valence-electron chi connectivity index (χ0n) is 17.0. The van der Waals surface area contributed by atoms with Gasteiger partial charge in [-0.2, -0.15) is 11.8 Å². The van der Waals surface area contributed by atoms with E-state index in [0.29, 0.717) is 0 Å². The van der Waals surface area contributed by atoms with E-state index in [1.54, 1.807) is 38.5 Å². The van der Waals surface area contributed by atoms with Crippen molar-refractivity contribution in [2.45, 2.75) is 91.2 Å². The lowest BCUT2D eigenvalue weighted by Gasteiger charge is -2.43. The van der Waals surface area contributed by atoms with E-state index < -0.39 is 0 Å². The minimum Gasteiger partial charge on any atom is -0.158 e. The third-order valence-corrected chi connectivity index (χ3v) is 9.65. The maximum atomic E-state index is 2.37. The van der Waals surface area contributed by atoms with Crippen LogP contribution in [0.2, 0.25) is 0 Å². The fourth-order valence-electron chi connectivity index (χ4n) is 7.83. The first kappa shape index (κ1) is 19.1. The Hall–Kier alpha value is 0.350. The largest absolute Gasteiger partial charge is 0.158 e. The van der Waals surface area contributed by atoms with Gasteiger partial charge in [-0.3, -0.25) is 0 Å². The van der Waals surface area contributed by atoms with Gasteiger partial charge in [0.2, 0.25) is 0 Å². The van der Waals surface area contributed by atoms with E-state index in [2.05, 4.69) is 18.7 Å². The van der Waals surface area contributed by atoms with Crippen LogP contribution in [0.3, 0.4) is 0 Å². The summed E-state index contributed by atoms with van der Waals surface area (Å²) in [4.78, 5) is 0. The van der Waals surface area contributed by atoms with E-state index in [4.69, 9.17) is 0 Å². The van der Waals surface area contributed by atoms with Crippen molar-refractivity contribution >= 4 is 11.8 Å². The van der Waals surface area contributed by atoms with Crippen LogP contribution in [0.4, 0.5) is 0 Å². The monoisotopic (exact) mass is 350 g/mol. The molecule has 4 bridgehead atoms. The minimum atomic E-state index is 1.08. The van der Waals surface area contributed by atoms with E-state index in [1.165, 1.54) is 60.0 Å². The topological polar surface area (TPSA) is 0 Å². The number of hydrogen-bond acceptors (Lipinski definition) is 1. The molecule has 5 fully saturated rings. The Labute approximate surface area is 156 Å². The summed E-state index contributed by atoms with van der Waals surface area (Å²) in [6, 6.07) is 0. The number of fused-ring (bicyclic) bond motifs is 12. The molecule has 0 N–H and O–H groups in total. The van der Waals surface area contributed by atoms with Gasteiger partial charge in [-0.05, 0) is 91.6 Å². The summed E-state index contributed by atoms with van der Waals surface area (Å²) in [5.74, 6) is 11.0. The van der Waals surface area contributed by atoms with Gasteiger partial charge in [-0.25, -0.2) is 0 Å². The molecule has 0 aromatic heterocycles. The summed E-state index contributed by atoms with van der Waals surface area (Å²) >= 11 is 2.37. The molecule has 0 heterocycles. The van der Waals surface area contributed by atoms with Crippen LogP contribution in [0, 0.1) is 47.3 Å². The van der Waals surface area contributed by atoms with Gasteiger partial charge in [-0.1, -0.05) is 47.5 Å². The third kappa shape index (κ3) is 2.89. The summed E-state index contributed by atoms with van der Waals surface area (Å²) in [6.45, 7) is 10.3. The molecule has 140 valence electrons. The molecule has 0 saturated heterocycles. The second-order valence-electron chi connectivity index (χ2n) is 8.63. The van der Waals surface area contributed by atoms with Gasteiger partial charge in [0, 0.05) is 5.25 Å². The Morgan fingerprint density at radius 3 is 2.08 bits per heavy atom. The zero-order valence-corrected chi connectivity index (χ0v) is 17.8. The SMILES string of the molecule is CC.CC.CCCCSC1CC2CC1C1C3CC(C4CCCC43)C21. The quantitative estimate of drug-likeness (QED) is 0.379. The van der Waals surface area contributed by atoms with Gasteiger partial charge >= 0.3 is 0 Å². The van der Waals surface area contributed by atoms with E-state index in [-0.39, 0.29) is 0 Å². The molecule has 9 unspecified atom stereocenters. The smallest absolute Gasteiger partial charge is 0.00810 e. The Morgan fingerprint density at radius 1 is 0.750 bits per heavy atom. The number of unbranched alkanes of at least 4 members (excludes halogenated alkanes) is 1. The Morgan fingerprint density at radius 2 is 1.42 bits per heavy atom. The Kier molecular flexibility index (Phi) is 6.66. The number of rotatable bonds is 4. The highest BCUT2D eigenvalue weighted by molar-refractivity contribution is 7.99. The maximum absolute atomic E-state index is 2.37. The summed E-state index contributed by atoms with van der Waals surface area (Å²) < 4.78 is 0. The lowest BCUT2D eigenvalue weighted by atomic mass is 9.64. The van der Waals surface area contributed by atoms with Crippen molar-refractivity contribution in [2.75, 3.05) is 5.75 Å². The standard InChI is InChI=1S/C19H30S.2C2H6/c1-2-3-7-20-17-9-11-8-16(17)19-15-10-14(18(11)19)12-5-4-6-13(12)15;2*1-2/h11-19H,2-10H2,1H3;2*1-2H3. The van der Waals surface area contributed by atoms with Crippen LogP contribution < -0.4 is 0 Å². The van der Waals surface area contributed by atoms with Crippen LogP contribution in [0.15, 0.2) is 0 Å². The molecular weight excluding hydrogens is 308 g/mol. The van der Waals surface area contributed by atoms with Crippen molar-refractivity contribution in [1.29, 1.82) is 0 Å². The van der Waals surface area contributed by atoms with Crippen molar-refractivity contribution in [1.82, 2.24) is 0 Å². The van der Waals surface area contributed by atoms with Crippen molar-refractivity contribution in [3.63, 3.8) is 0 Å². The summed E-state index contributed by atoms with van der Waals surface area (Å²) in [5, 5.41) is 1.08. The van der Waals surface area contributed by atoms with Crippen LogP contribution >= 0.6 is 11.8 Å². The van der Waals surface area contributed by atoms with E-state index in [1.807, 2.05) is 27.7 Å². The molecule has 0 nitrogen and oxygen atoms in total. The van der Waals surface area contributed by atoms with E-state index >= 15 is 0 Å². The lowest BCUT2D eigenvalue weighted by molar-refractivity contribution is 0.0741. The highest BCUT2D eigenvalue weighted by atomic mass is 32.2. The number of hydrogen-bond donors (Lipinski definition) is 0. The lowest BCUT2D eigenvalue weighted by Crippen LogP contribution is -2.39. The van der Waals surface area contributed by atoms with E-state index in [9.17, 15) is 0 Å². The summed E-state index contributed by atoms with van der Waals surface area (Å²) in [6.07, 6.45) is 12.6. The average Bonchev–Trinajstić information content (AvgIpc) is 3.40. The van der Waals surface area contributed by atoms with Crippen LogP contribution in [0.25, 0.3) is 0 Å². The molecule has 5 aliphatic carbocycles. The predicted molar refractivity (Wildman–Crippen MR) is 109 cm³/mol. The molecule has 0 radical (unpaired) electrons.